The number of aryl methyl sites for hydroxylation is 2. The van der Waals surface area contributed by atoms with Crippen LogP contribution in [0.4, 0.5) is 4.39 Å². The highest BCUT2D eigenvalue weighted by Gasteiger charge is 2.43. The van der Waals surface area contributed by atoms with Crippen LogP contribution in [-0.2, 0) is 6.42 Å². The third-order valence-electron chi connectivity index (χ3n) is 8.28. The number of rotatable bonds is 9. The summed E-state index contributed by atoms with van der Waals surface area (Å²) in [6.07, 6.45) is 0.0760. The van der Waals surface area contributed by atoms with Gasteiger partial charge in [0.15, 0.2) is 22.9 Å². The number of nitrogens with one attached hydrogen (secondary N) is 1. The van der Waals surface area contributed by atoms with Gasteiger partial charge in [0.2, 0.25) is 0 Å². The van der Waals surface area contributed by atoms with Crippen molar-refractivity contribution in [1.29, 1.82) is 0 Å². The molecule has 1 fully saturated rings. The highest BCUT2D eigenvalue weighted by molar-refractivity contribution is 6.30. The zero-order chi connectivity index (χ0) is 32.0. The molecule has 0 spiro atoms. The number of amides is 3. The van der Waals surface area contributed by atoms with Crippen LogP contribution in [0.1, 0.15) is 77.7 Å². The van der Waals surface area contributed by atoms with Crippen LogP contribution in [0.5, 0.6) is 11.6 Å². The molecule has 6 rings (SSSR count). The average Bonchev–Trinajstić information content (AvgIpc) is 3.82. The van der Waals surface area contributed by atoms with Gasteiger partial charge in [0, 0.05) is 5.56 Å². The molecule has 2 atom stereocenters. The van der Waals surface area contributed by atoms with Gasteiger partial charge in [0.1, 0.15) is 5.56 Å². The summed E-state index contributed by atoms with van der Waals surface area (Å²) in [6.45, 7) is 5.37. The minimum Gasteiger partial charge on any atom is -0.434 e. The minimum absolute atomic E-state index is 0.0615. The maximum Gasteiger partial charge on any atom is 0.263 e. The summed E-state index contributed by atoms with van der Waals surface area (Å²) in [5.41, 5.74) is 3.60. The molecule has 3 aromatic carbocycles. The molecule has 4 aromatic rings. The molecular weight excluding hydrogens is 599 g/mol. The van der Waals surface area contributed by atoms with Gasteiger partial charge in [-0.15, -0.1) is 10.2 Å². The Morgan fingerprint density at radius 3 is 2.38 bits per heavy atom. The van der Waals surface area contributed by atoms with E-state index in [-0.39, 0.29) is 51.4 Å². The minimum atomic E-state index is -1.75. The fourth-order valence-electron chi connectivity index (χ4n) is 5.65. The van der Waals surface area contributed by atoms with E-state index in [4.69, 9.17) is 16.3 Å². The first kappa shape index (κ1) is 30.4. The summed E-state index contributed by atoms with van der Waals surface area (Å²) in [4.78, 5) is 41.3. The number of aromatic nitrogens is 2. The first-order valence-corrected chi connectivity index (χ1v) is 14.9. The SMILES string of the molecule is Cc1ccc(CC(NC(=O)c2c(Oc3cccc(C4CC4)c3F)nnc(Cl)c2C)C(O)N2C(=O)c3ccccc3C2=O)c(C)c1. The Hall–Kier alpha value is -4.67. The van der Waals surface area contributed by atoms with Crippen molar-refractivity contribution in [2.75, 3.05) is 0 Å². The molecule has 1 aromatic heterocycles. The zero-order valence-corrected chi connectivity index (χ0v) is 25.6. The van der Waals surface area contributed by atoms with Gasteiger partial charge in [-0.05, 0) is 80.8 Å². The van der Waals surface area contributed by atoms with E-state index in [9.17, 15) is 19.5 Å². The second-order valence-corrected chi connectivity index (χ2v) is 11.8. The van der Waals surface area contributed by atoms with Crippen LogP contribution in [0.25, 0.3) is 0 Å². The van der Waals surface area contributed by atoms with Gasteiger partial charge in [-0.1, -0.05) is 59.6 Å². The number of hydrogen-bond donors (Lipinski definition) is 2. The Morgan fingerprint density at radius 1 is 1.04 bits per heavy atom. The molecule has 0 saturated heterocycles. The lowest BCUT2D eigenvalue weighted by molar-refractivity contribution is -0.00307. The number of imide groups is 1. The maximum atomic E-state index is 15.3. The monoisotopic (exact) mass is 628 g/mol. The summed E-state index contributed by atoms with van der Waals surface area (Å²) < 4.78 is 21.2. The fourth-order valence-corrected chi connectivity index (χ4v) is 5.78. The van der Waals surface area contributed by atoms with Crippen LogP contribution in [0, 0.1) is 26.6 Å². The predicted molar refractivity (Wildman–Crippen MR) is 164 cm³/mol. The van der Waals surface area contributed by atoms with Gasteiger partial charge in [-0.3, -0.25) is 14.4 Å². The number of halogens is 2. The van der Waals surface area contributed by atoms with Gasteiger partial charge >= 0.3 is 0 Å². The summed E-state index contributed by atoms with van der Waals surface area (Å²) in [5.74, 6) is -2.98. The van der Waals surface area contributed by atoms with Crippen LogP contribution in [0.15, 0.2) is 60.7 Å². The quantitative estimate of drug-likeness (QED) is 0.224. The van der Waals surface area contributed by atoms with Gasteiger partial charge in [-0.2, -0.15) is 0 Å². The number of hydrogen-bond acceptors (Lipinski definition) is 7. The molecule has 2 N–H and O–H groups in total. The molecule has 45 heavy (non-hydrogen) atoms. The van der Waals surface area contributed by atoms with Crippen LogP contribution in [0.2, 0.25) is 5.15 Å². The molecule has 2 unspecified atom stereocenters. The van der Waals surface area contributed by atoms with Gasteiger partial charge in [0.25, 0.3) is 23.6 Å². The van der Waals surface area contributed by atoms with Crippen LogP contribution in [0.3, 0.4) is 0 Å². The molecule has 1 aliphatic carbocycles. The first-order valence-electron chi connectivity index (χ1n) is 14.6. The van der Waals surface area contributed by atoms with Crippen molar-refractivity contribution in [3.05, 3.63) is 116 Å². The topological polar surface area (TPSA) is 122 Å². The molecule has 0 radical (unpaired) electrons. The number of fused-ring (bicyclic) bond motifs is 1. The summed E-state index contributed by atoms with van der Waals surface area (Å²) in [6, 6.07) is 15.6. The van der Waals surface area contributed by atoms with Gasteiger partial charge < -0.3 is 15.2 Å². The highest BCUT2D eigenvalue weighted by Crippen LogP contribution is 2.43. The van der Waals surface area contributed by atoms with E-state index < -0.39 is 35.8 Å². The van der Waals surface area contributed by atoms with E-state index in [0.29, 0.717) is 5.56 Å². The average molecular weight is 629 g/mol. The summed E-state index contributed by atoms with van der Waals surface area (Å²) >= 11 is 6.27. The standard InChI is InChI=1S/C34H30ClFN4O5/c1-17-11-12-21(18(2)15-17)16-25(34(44)40-32(42)23-7-4-5-8-24(23)33(40)43)37-30(41)27-19(3)29(35)38-39-31(27)45-26-10-6-9-22(28(26)36)20-13-14-20/h4-12,15,20,25,34,44H,13-14,16H2,1-3H3,(H,37,41). The van der Waals surface area contributed by atoms with Crippen LogP contribution >= 0.6 is 11.6 Å². The number of aliphatic hydroxyl groups excluding tert-OH is 1. The van der Waals surface area contributed by atoms with Crippen molar-refractivity contribution in [2.24, 2.45) is 0 Å². The van der Waals surface area contributed by atoms with Crippen molar-refractivity contribution in [2.45, 2.75) is 58.2 Å². The largest absolute Gasteiger partial charge is 0.434 e. The van der Waals surface area contributed by atoms with Crippen LogP contribution in [-0.4, -0.2) is 50.2 Å². The first-order chi connectivity index (χ1) is 21.5. The number of aliphatic hydroxyl groups is 1. The van der Waals surface area contributed by atoms with Crippen LogP contribution < -0.4 is 10.1 Å². The van der Waals surface area contributed by atoms with Gasteiger partial charge in [0.05, 0.1) is 17.2 Å². The molecule has 1 aliphatic heterocycles. The van der Waals surface area contributed by atoms with E-state index in [1.54, 1.807) is 24.3 Å². The summed E-state index contributed by atoms with van der Waals surface area (Å²) in [5, 5.41) is 22.1. The lowest BCUT2D eigenvalue weighted by atomic mass is 9.97. The lowest BCUT2D eigenvalue weighted by Crippen LogP contribution is -2.54. The zero-order valence-electron chi connectivity index (χ0n) is 24.8. The Morgan fingerprint density at radius 2 is 1.73 bits per heavy atom. The number of benzene rings is 3. The van der Waals surface area contributed by atoms with Gasteiger partial charge in [-0.25, -0.2) is 9.29 Å². The van der Waals surface area contributed by atoms with E-state index in [2.05, 4.69) is 15.5 Å². The molecule has 0 bridgehead atoms. The third-order valence-corrected chi connectivity index (χ3v) is 8.63. The molecule has 9 nitrogen and oxygen atoms in total. The molecule has 2 aliphatic rings. The predicted octanol–water partition coefficient (Wildman–Crippen LogP) is 5.82. The number of nitrogens with zero attached hydrogens (tertiary/aromatic N) is 3. The van der Waals surface area contributed by atoms with Crippen molar-refractivity contribution >= 4 is 29.3 Å². The Kier molecular flexibility index (Phi) is 8.11. The second-order valence-electron chi connectivity index (χ2n) is 11.5. The molecule has 3 amide bonds. The van der Waals surface area contributed by atoms with E-state index in [0.717, 1.165) is 34.4 Å². The van der Waals surface area contributed by atoms with Crippen molar-refractivity contribution < 1.29 is 28.6 Å². The highest BCUT2D eigenvalue weighted by atomic mass is 35.5. The lowest BCUT2D eigenvalue weighted by Gasteiger charge is -2.30. The number of carbonyl (C=O) groups is 3. The fraction of sp³-hybridized carbons (Fsp3) is 0.265. The van der Waals surface area contributed by atoms with E-state index >= 15 is 4.39 Å². The smallest absolute Gasteiger partial charge is 0.263 e. The van der Waals surface area contributed by atoms with Crippen molar-refractivity contribution in [3.8, 4) is 11.6 Å². The maximum absolute atomic E-state index is 15.3. The second kappa shape index (κ2) is 12.0. The molecular formula is C34H30ClFN4O5. The Bertz CT molecular complexity index is 1830. The molecule has 1 saturated carbocycles. The van der Waals surface area contributed by atoms with Crippen molar-refractivity contribution in [1.82, 2.24) is 20.4 Å². The summed E-state index contributed by atoms with van der Waals surface area (Å²) in [7, 11) is 0. The number of ether oxygens (including phenoxy) is 1. The number of carbonyl (C=O) groups excluding carboxylic acids is 3. The van der Waals surface area contributed by atoms with E-state index in [1.165, 1.54) is 25.1 Å². The molecule has 230 valence electrons. The van der Waals surface area contributed by atoms with E-state index in [1.807, 2.05) is 32.0 Å². The normalized spacial score (nSPS) is 15.6. The molecule has 2 heterocycles. The molecule has 11 heteroatoms. The Balaban J connectivity index is 1.35. The Labute approximate surface area is 264 Å². The third kappa shape index (κ3) is 5.79. The van der Waals surface area contributed by atoms with Crippen molar-refractivity contribution in [3.63, 3.8) is 0 Å².